The molecule has 0 N–H and O–H groups in total. The van der Waals surface area contributed by atoms with Crippen molar-refractivity contribution in [2.75, 3.05) is 13.2 Å². The first kappa shape index (κ1) is 9.01. The molecule has 1 fully saturated rings. The number of hydrogen-bond acceptors (Lipinski definition) is 2. The monoisotopic (exact) mass is 158 g/mol. The van der Waals surface area contributed by atoms with Crippen LogP contribution in [0, 0.1) is 5.92 Å². The van der Waals surface area contributed by atoms with Gasteiger partial charge in [-0.25, -0.2) is 0 Å². The van der Waals surface area contributed by atoms with Crippen molar-refractivity contribution in [2.24, 2.45) is 5.92 Å². The van der Waals surface area contributed by atoms with Gasteiger partial charge in [0.25, 0.3) is 0 Å². The third-order valence-electron chi connectivity index (χ3n) is 1.77. The third-order valence-corrected chi connectivity index (χ3v) is 1.77. The molecule has 1 aliphatic rings. The first-order valence-electron chi connectivity index (χ1n) is 4.41. The highest BCUT2D eigenvalue weighted by molar-refractivity contribution is 4.68. The normalized spacial score (nSPS) is 25.6. The lowest BCUT2D eigenvalue weighted by atomic mass is 10.1. The molecule has 11 heavy (non-hydrogen) atoms. The maximum Gasteiger partial charge on any atom is 0.104 e. The first-order chi connectivity index (χ1) is 5.18. The van der Waals surface area contributed by atoms with Crippen LogP contribution in [0.1, 0.15) is 27.2 Å². The number of rotatable bonds is 5. The molecule has 0 aromatic carbocycles. The van der Waals surface area contributed by atoms with E-state index in [2.05, 4.69) is 20.8 Å². The molecule has 66 valence electrons. The predicted molar refractivity (Wildman–Crippen MR) is 44.6 cm³/mol. The molecule has 0 radical (unpaired) electrons. The summed E-state index contributed by atoms with van der Waals surface area (Å²) in [6, 6.07) is 0. The van der Waals surface area contributed by atoms with Crippen LogP contribution in [-0.4, -0.2) is 25.4 Å². The molecule has 2 atom stereocenters. The molecule has 0 saturated carbocycles. The van der Waals surface area contributed by atoms with Gasteiger partial charge in [0.2, 0.25) is 0 Å². The van der Waals surface area contributed by atoms with Crippen LogP contribution >= 0.6 is 0 Å². The summed E-state index contributed by atoms with van der Waals surface area (Å²) < 4.78 is 10.6. The van der Waals surface area contributed by atoms with E-state index in [9.17, 15) is 0 Å². The molecule has 1 saturated heterocycles. The van der Waals surface area contributed by atoms with E-state index in [-0.39, 0.29) is 0 Å². The van der Waals surface area contributed by atoms with Crippen molar-refractivity contribution in [2.45, 2.75) is 39.4 Å². The van der Waals surface area contributed by atoms with Gasteiger partial charge in [0.05, 0.1) is 19.3 Å². The van der Waals surface area contributed by atoms with Crippen LogP contribution in [0.4, 0.5) is 0 Å². The Morgan fingerprint density at radius 2 is 2.09 bits per heavy atom. The van der Waals surface area contributed by atoms with Gasteiger partial charge < -0.3 is 9.47 Å². The summed E-state index contributed by atoms with van der Waals surface area (Å²) in [5.74, 6) is 0.727. The van der Waals surface area contributed by atoms with E-state index in [1.54, 1.807) is 0 Å². The lowest BCUT2D eigenvalue weighted by molar-refractivity contribution is 0.0417. The summed E-state index contributed by atoms with van der Waals surface area (Å²) >= 11 is 0. The molecule has 1 heterocycles. The molecule has 1 aliphatic heterocycles. The maximum absolute atomic E-state index is 5.55. The zero-order valence-electron chi connectivity index (χ0n) is 7.67. The van der Waals surface area contributed by atoms with Crippen molar-refractivity contribution in [3.8, 4) is 0 Å². The van der Waals surface area contributed by atoms with Gasteiger partial charge in [0, 0.05) is 0 Å². The zero-order chi connectivity index (χ0) is 8.27. The van der Waals surface area contributed by atoms with Crippen LogP contribution < -0.4 is 0 Å². The SMILES string of the molecule is CC(C)CC(C)OCC1CO1. The van der Waals surface area contributed by atoms with Crippen LogP contribution in [0.2, 0.25) is 0 Å². The van der Waals surface area contributed by atoms with Crippen LogP contribution in [0.15, 0.2) is 0 Å². The van der Waals surface area contributed by atoms with Crippen molar-refractivity contribution in [1.29, 1.82) is 0 Å². The van der Waals surface area contributed by atoms with Gasteiger partial charge in [-0.3, -0.25) is 0 Å². The standard InChI is InChI=1S/C9H18O2/c1-7(2)4-8(3)10-5-9-6-11-9/h7-9H,4-6H2,1-3H3. The van der Waals surface area contributed by atoms with Crippen LogP contribution in [0.25, 0.3) is 0 Å². The van der Waals surface area contributed by atoms with Gasteiger partial charge in [0.15, 0.2) is 0 Å². The Balaban J connectivity index is 1.95. The Labute approximate surface area is 68.9 Å². The summed E-state index contributed by atoms with van der Waals surface area (Å²) in [5.41, 5.74) is 0. The van der Waals surface area contributed by atoms with E-state index in [4.69, 9.17) is 9.47 Å². The summed E-state index contributed by atoms with van der Waals surface area (Å²) in [5, 5.41) is 0. The Bertz CT molecular complexity index is 108. The highest BCUT2D eigenvalue weighted by Gasteiger charge is 2.23. The minimum Gasteiger partial charge on any atom is -0.376 e. The Kier molecular flexibility index (Phi) is 3.34. The molecule has 2 unspecified atom stereocenters. The Morgan fingerprint density at radius 1 is 1.45 bits per heavy atom. The summed E-state index contributed by atoms with van der Waals surface area (Å²) in [4.78, 5) is 0. The van der Waals surface area contributed by atoms with Crippen LogP contribution in [-0.2, 0) is 9.47 Å². The van der Waals surface area contributed by atoms with Gasteiger partial charge in [-0.1, -0.05) is 13.8 Å². The molecule has 0 aromatic heterocycles. The molecule has 0 amide bonds. The van der Waals surface area contributed by atoms with E-state index in [0.717, 1.165) is 25.6 Å². The van der Waals surface area contributed by atoms with Crippen molar-refractivity contribution in [3.05, 3.63) is 0 Å². The van der Waals surface area contributed by atoms with E-state index in [1.807, 2.05) is 0 Å². The van der Waals surface area contributed by atoms with Gasteiger partial charge >= 0.3 is 0 Å². The van der Waals surface area contributed by atoms with Gasteiger partial charge in [-0.15, -0.1) is 0 Å². The fraction of sp³-hybridized carbons (Fsp3) is 1.00. The van der Waals surface area contributed by atoms with E-state index in [1.165, 1.54) is 0 Å². The van der Waals surface area contributed by atoms with E-state index in [0.29, 0.717) is 12.2 Å². The fourth-order valence-corrected chi connectivity index (χ4v) is 1.17. The van der Waals surface area contributed by atoms with Crippen molar-refractivity contribution >= 4 is 0 Å². The largest absolute Gasteiger partial charge is 0.376 e. The van der Waals surface area contributed by atoms with E-state index < -0.39 is 0 Å². The smallest absolute Gasteiger partial charge is 0.104 e. The second-order valence-electron chi connectivity index (χ2n) is 3.73. The quantitative estimate of drug-likeness (QED) is 0.569. The van der Waals surface area contributed by atoms with Crippen LogP contribution in [0.5, 0.6) is 0 Å². The fourth-order valence-electron chi connectivity index (χ4n) is 1.17. The van der Waals surface area contributed by atoms with Gasteiger partial charge in [0.1, 0.15) is 6.10 Å². The Hall–Kier alpha value is -0.0800. The number of hydrogen-bond donors (Lipinski definition) is 0. The molecule has 0 aromatic rings. The highest BCUT2D eigenvalue weighted by Crippen LogP contribution is 2.13. The minimum absolute atomic E-state index is 0.388. The van der Waals surface area contributed by atoms with Crippen molar-refractivity contribution in [1.82, 2.24) is 0 Å². The third kappa shape index (κ3) is 4.38. The average Bonchev–Trinajstić information content (AvgIpc) is 2.63. The second-order valence-corrected chi connectivity index (χ2v) is 3.73. The summed E-state index contributed by atoms with van der Waals surface area (Å²) in [6.07, 6.45) is 1.94. The number of epoxide rings is 1. The summed E-state index contributed by atoms with van der Waals surface area (Å²) in [6.45, 7) is 8.24. The topological polar surface area (TPSA) is 21.8 Å². The van der Waals surface area contributed by atoms with Crippen LogP contribution in [0.3, 0.4) is 0 Å². The van der Waals surface area contributed by atoms with Crippen molar-refractivity contribution < 1.29 is 9.47 Å². The lowest BCUT2D eigenvalue weighted by Crippen LogP contribution is -2.14. The molecule has 1 rings (SSSR count). The molecule has 0 bridgehead atoms. The average molecular weight is 158 g/mol. The zero-order valence-corrected chi connectivity index (χ0v) is 7.67. The predicted octanol–water partition coefficient (Wildman–Crippen LogP) is 1.84. The summed E-state index contributed by atoms with van der Waals surface area (Å²) in [7, 11) is 0. The first-order valence-corrected chi connectivity index (χ1v) is 4.41. The number of ether oxygens (including phenoxy) is 2. The highest BCUT2D eigenvalue weighted by atomic mass is 16.6. The molecule has 2 heteroatoms. The molecule has 2 nitrogen and oxygen atoms in total. The maximum atomic E-state index is 5.55. The molecular weight excluding hydrogens is 140 g/mol. The molecule has 0 spiro atoms. The molecular formula is C9H18O2. The second kappa shape index (κ2) is 4.07. The minimum atomic E-state index is 0.388. The van der Waals surface area contributed by atoms with E-state index >= 15 is 0 Å². The van der Waals surface area contributed by atoms with Gasteiger partial charge in [-0.05, 0) is 19.3 Å². The van der Waals surface area contributed by atoms with Gasteiger partial charge in [-0.2, -0.15) is 0 Å². The Morgan fingerprint density at radius 3 is 2.55 bits per heavy atom. The lowest BCUT2D eigenvalue weighted by Gasteiger charge is -2.13. The molecule has 0 aliphatic carbocycles. The van der Waals surface area contributed by atoms with Crippen molar-refractivity contribution in [3.63, 3.8) is 0 Å².